The fraction of sp³-hybridized carbons (Fsp3) is 0.529. The van der Waals surface area contributed by atoms with E-state index < -0.39 is 40.9 Å². The number of benzene rings is 1. The third-order valence-corrected chi connectivity index (χ3v) is 12.5. The highest BCUT2D eigenvalue weighted by atomic mass is 32.2. The van der Waals surface area contributed by atoms with Gasteiger partial charge in [0, 0.05) is 28.9 Å². The summed E-state index contributed by atoms with van der Waals surface area (Å²) in [6, 6.07) is 4.83. The minimum atomic E-state index is -0.757. The number of thioether (sulfide) groups is 1. The summed E-state index contributed by atoms with van der Waals surface area (Å²) < 4.78 is 21.1. The normalized spacial score (nSPS) is 33.5. The molecule has 1 unspecified atom stereocenters. The van der Waals surface area contributed by atoms with Crippen molar-refractivity contribution in [2.75, 3.05) is 16.8 Å². The van der Waals surface area contributed by atoms with Crippen LogP contribution in [0.2, 0.25) is 0 Å². The SMILES string of the molecule is C=C[C@]1(C)C[C@@H](OC(=O)CSc2nc(N)nc3c2ncn3C(=O)Nc2cccc(F)c2)[C@@]2(C)C3C(=O)CC[C@@]3(CC[C@H]2C)[C@@H](C)[C@@H]1O. The molecule has 0 spiro atoms. The summed E-state index contributed by atoms with van der Waals surface area (Å²) in [5.41, 5.74) is 4.86. The second kappa shape index (κ2) is 12.0. The molecule has 0 aliphatic heterocycles. The second-order valence-corrected chi connectivity index (χ2v) is 14.9. The number of halogens is 1. The van der Waals surface area contributed by atoms with Crippen molar-refractivity contribution >= 4 is 52.3 Å². The van der Waals surface area contributed by atoms with Gasteiger partial charge in [-0.05, 0) is 61.1 Å². The van der Waals surface area contributed by atoms with Gasteiger partial charge < -0.3 is 20.9 Å². The molecule has 1 amide bonds. The Labute approximate surface area is 277 Å². The van der Waals surface area contributed by atoms with E-state index in [4.69, 9.17) is 10.5 Å². The lowest BCUT2D eigenvalue weighted by Gasteiger charge is -2.61. The van der Waals surface area contributed by atoms with Gasteiger partial charge in [0.2, 0.25) is 5.95 Å². The van der Waals surface area contributed by atoms with Crippen LogP contribution in [-0.4, -0.2) is 60.4 Å². The number of nitrogens with zero attached hydrogens (tertiary/aromatic N) is 4. The zero-order valence-corrected chi connectivity index (χ0v) is 27.8. The van der Waals surface area contributed by atoms with E-state index in [2.05, 4.69) is 47.6 Å². The number of aliphatic hydroxyl groups is 1. The van der Waals surface area contributed by atoms with Gasteiger partial charge in [0.15, 0.2) is 5.65 Å². The summed E-state index contributed by atoms with van der Waals surface area (Å²) in [5.74, 6) is -1.45. The average Bonchev–Trinajstić information content (AvgIpc) is 3.62. The van der Waals surface area contributed by atoms with Crippen molar-refractivity contribution < 1.29 is 28.6 Å². The van der Waals surface area contributed by atoms with Crippen LogP contribution in [0.5, 0.6) is 0 Å². The average molecular weight is 665 g/mol. The van der Waals surface area contributed by atoms with Gasteiger partial charge in [-0.1, -0.05) is 51.6 Å². The first-order valence-electron chi connectivity index (χ1n) is 16.0. The Morgan fingerprint density at radius 3 is 2.77 bits per heavy atom. The Morgan fingerprint density at radius 2 is 2.04 bits per heavy atom. The predicted octanol–water partition coefficient (Wildman–Crippen LogP) is 5.63. The monoisotopic (exact) mass is 664 g/mol. The summed E-state index contributed by atoms with van der Waals surface area (Å²) in [5, 5.41) is 14.6. The smallest absolute Gasteiger partial charge is 0.332 e. The molecule has 2 bridgehead atoms. The molecule has 0 radical (unpaired) electrons. The number of carbonyl (C=O) groups is 3. The molecular weight excluding hydrogens is 623 g/mol. The van der Waals surface area contributed by atoms with Crippen LogP contribution in [0, 0.1) is 39.8 Å². The number of ketones is 1. The Balaban J connectivity index is 1.26. The molecule has 11 nitrogen and oxygen atoms in total. The molecule has 3 fully saturated rings. The number of nitrogens with two attached hydrogens (primary N) is 1. The number of anilines is 2. The lowest BCUT2D eigenvalue weighted by Crippen LogP contribution is -2.63. The topological polar surface area (TPSA) is 162 Å². The predicted molar refractivity (Wildman–Crippen MR) is 176 cm³/mol. The number of amides is 1. The number of aromatic nitrogens is 4. The molecular formula is C34H41FN6O5S. The van der Waals surface area contributed by atoms with Gasteiger partial charge in [0.05, 0.1) is 11.9 Å². The van der Waals surface area contributed by atoms with E-state index in [1.54, 1.807) is 12.1 Å². The molecule has 47 heavy (non-hydrogen) atoms. The number of Topliss-reactive ketones (excluding diaryl/α,β-unsaturated/α-hetero) is 1. The van der Waals surface area contributed by atoms with Crippen molar-refractivity contribution in [2.45, 2.75) is 77.0 Å². The summed E-state index contributed by atoms with van der Waals surface area (Å²) in [6.07, 6.45) is 4.84. The Morgan fingerprint density at radius 1 is 1.28 bits per heavy atom. The van der Waals surface area contributed by atoms with Gasteiger partial charge in [-0.15, -0.1) is 6.58 Å². The highest BCUT2D eigenvalue weighted by Crippen LogP contribution is 2.68. The molecule has 3 aliphatic rings. The Hall–Kier alpha value is -3.84. The number of ether oxygens (including phenoxy) is 1. The highest BCUT2D eigenvalue weighted by molar-refractivity contribution is 8.00. The number of imidazole rings is 1. The molecule has 250 valence electrons. The van der Waals surface area contributed by atoms with Crippen molar-refractivity contribution in [3.8, 4) is 0 Å². The second-order valence-electron chi connectivity index (χ2n) is 14.0. The first-order chi connectivity index (χ1) is 22.2. The Kier molecular flexibility index (Phi) is 8.44. The van der Waals surface area contributed by atoms with Crippen LogP contribution in [0.4, 0.5) is 20.8 Å². The highest BCUT2D eigenvalue weighted by Gasteiger charge is 2.68. The minimum Gasteiger partial charge on any atom is -0.461 e. The number of nitrogens with one attached hydrogen (secondary N) is 1. The fourth-order valence-electron chi connectivity index (χ4n) is 8.71. The molecule has 2 aromatic heterocycles. The van der Waals surface area contributed by atoms with Gasteiger partial charge in [-0.25, -0.2) is 23.7 Å². The minimum absolute atomic E-state index is 0.105. The molecule has 3 aromatic rings. The molecule has 6 rings (SSSR count). The van der Waals surface area contributed by atoms with Crippen LogP contribution in [0.1, 0.15) is 59.8 Å². The van der Waals surface area contributed by atoms with Crippen molar-refractivity contribution in [1.82, 2.24) is 19.5 Å². The molecule has 2 heterocycles. The van der Waals surface area contributed by atoms with Gasteiger partial charge >= 0.3 is 12.0 Å². The third-order valence-electron chi connectivity index (χ3n) is 11.6. The zero-order chi connectivity index (χ0) is 33.9. The van der Waals surface area contributed by atoms with E-state index in [-0.39, 0.29) is 62.5 Å². The molecule has 3 saturated carbocycles. The first kappa shape index (κ1) is 33.1. The van der Waals surface area contributed by atoms with Crippen LogP contribution in [0.3, 0.4) is 0 Å². The molecule has 1 aromatic carbocycles. The maximum Gasteiger partial charge on any atom is 0.332 e. The first-order valence-corrected chi connectivity index (χ1v) is 17.0. The van der Waals surface area contributed by atoms with Crippen LogP contribution < -0.4 is 11.1 Å². The molecule has 13 heteroatoms. The third kappa shape index (κ3) is 5.41. The van der Waals surface area contributed by atoms with Gasteiger partial charge in [0.25, 0.3) is 0 Å². The van der Waals surface area contributed by atoms with Crippen molar-refractivity contribution in [3.05, 3.63) is 49.1 Å². The quantitative estimate of drug-likeness (QED) is 0.130. The number of esters is 1. The molecule has 3 aliphatic carbocycles. The van der Waals surface area contributed by atoms with E-state index in [1.165, 1.54) is 24.5 Å². The van der Waals surface area contributed by atoms with Gasteiger partial charge in [-0.3, -0.25) is 9.59 Å². The van der Waals surface area contributed by atoms with Gasteiger partial charge in [0.1, 0.15) is 34.6 Å². The Bertz CT molecular complexity index is 1770. The van der Waals surface area contributed by atoms with Crippen molar-refractivity contribution in [3.63, 3.8) is 0 Å². The molecule has 0 saturated heterocycles. The molecule has 8 atom stereocenters. The van der Waals surface area contributed by atoms with E-state index in [1.807, 2.05) is 6.92 Å². The fourth-order valence-corrected chi connectivity index (χ4v) is 9.47. The number of hydrogen-bond donors (Lipinski definition) is 3. The number of aliphatic hydroxyl groups excluding tert-OH is 1. The van der Waals surface area contributed by atoms with Crippen molar-refractivity contribution in [1.29, 1.82) is 0 Å². The largest absolute Gasteiger partial charge is 0.461 e. The zero-order valence-electron chi connectivity index (χ0n) is 27.0. The lowest BCUT2D eigenvalue weighted by atomic mass is 9.44. The lowest BCUT2D eigenvalue weighted by molar-refractivity contribution is -0.205. The summed E-state index contributed by atoms with van der Waals surface area (Å²) >= 11 is 1.05. The number of hydrogen-bond acceptors (Lipinski definition) is 10. The maximum absolute atomic E-state index is 13.7. The molecule has 4 N–H and O–H groups in total. The van der Waals surface area contributed by atoms with Crippen LogP contribution in [-0.2, 0) is 14.3 Å². The standard InChI is InChI=1S/C34H41FN6O5S/c1-6-32(4)15-23(33(5)18(2)10-12-34(19(3)27(32)44)13-11-22(42)26(33)34)46-24(43)16-47-29-25-28(39-30(36)40-29)41(17-37-25)31(45)38-21-9-7-8-20(35)14-21/h6-9,14,17-19,23,26-27,44H,1,10-13,15-16H2,2-5H3,(H,38,45)(H2,36,39,40)/t18-,19+,23-,26?,27+,32-,33+,34+/m1/s1. The number of nitrogen functional groups attached to an aromatic ring is 1. The van der Waals surface area contributed by atoms with Gasteiger partial charge in [-0.2, -0.15) is 4.98 Å². The number of rotatable bonds is 6. The van der Waals surface area contributed by atoms with E-state index in [0.29, 0.717) is 12.8 Å². The maximum atomic E-state index is 13.7. The summed E-state index contributed by atoms with van der Waals surface area (Å²) in [6.45, 7) is 12.3. The van der Waals surface area contributed by atoms with Crippen molar-refractivity contribution in [2.24, 2.45) is 34.0 Å². The number of fused-ring (bicyclic) bond motifs is 1. The summed E-state index contributed by atoms with van der Waals surface area (Å²) in [4.78, 5) is 53.1. The van der Waals surface area contributed by atoms with E-state index in [0.717, 1.165) is 35.6 Å². The number of carbonyl (C=O) groups excluding carboxylic acids is 3. The van der Waals surface area contributed by atoms with Crippen LogP contribution in [0.15, 0.2) is 48.3 Å². The van der Waals surface area contributed by atoms with E-state index >= 15 is 0 Å². The van der Waals surface area contributed by atoms with E-state index in [9.17, 15) is 23.9 Å². The summed E-state index contributed by atoms with van der Waals surface area (Å²) in [7, 11) is 0. The van der Waals surface area contributed by atoms with Crippen LogP contribution in [0.25, 0.3) is 11.2 Å². The van der Waals surface area contributed by atoms with Crippen LogP contribution >= 0.6 is 11.8 Å².